The Morgan fingerprint density at radius 3 is 3.05 bits per heavy atom. The van der Waals surface area contributed by atoms with Gasteiger partial charge in [0.25, 0.3) is 0 Å². The number of aryl methyl sites for hydroxylation is 1. The second kappa shape index (κ2) is 4.81. The first-order chi connectivity index (χ1) is 10.3. The minimum atomic E-state index is -0.0880. The number of imidazole rings is 1. The van der Waals surface area contributed by atoms with Crippen molar-refractivity contribution in [3.05, 3.63) is 36.9 Å². The first kappa shape index (κ1) is 12.3. The molecule has 108 valence electrons. The molecule has 0 amide bonds. The Morgan fingerprint density at radius 2 is 2.19 bits per heavy atom. The van der Waals surface area contributed by atoms with E-state index in [0.717, 1.165) is 12.2 Å². The third-order valence-corrected chi connectivity index (χ3v) is 3.74. The van der Waals surface area contributed by atoms with Crippen molar-refractivity contribution in [1.82, 2.24) is 29.1 Å². The number of anilines is 1. The molecule has 1 fully saturated rings. The third kappa shape index (κ3) is 2.04. The summed E-state index contributed by atoms with van der Waals surface area (Å²) in [6.45, 7) is 0.699. The van der Waals surface area contributed by atoms with E-state index in [2.05, 4.69) is 25.5 Å². The zero-order chi connectivity index (χ0) is 14.2. The van der Waals surface area contributed by atoms with Gasteiger partial charge in [-0.05, 0) is 6.42 Å². The lowest BCUT2D eigenvalue weighted by Crippen LogP contribution is -2.26. The maximum absolute atomic E-state index is 5.84. The van der Waals surface area contributed by atoms with Crippen LogP contribution >= 0.6 is 0 Å². The van der Waals surface area contributed by atoms with Crippen LogP contribution in [0.2, 0.25) is 0 Å². The van der Waals surface area contributed by atoms with E-state index in [-0.39, 0.29) is 12.1 Å². The van der Waals surface area contributed by atoms with Crippen LogP contribution in [0.25, 0.3) is 5.65 Å². The van der Waals surface area contributed by atoms with E-state index in [4.69, 9.17) is 4.74 Å². The monoisotopic (exact) mass is 285 g/mol. The molecule has 1 N–H and O–H groups in total. The van der Waals surface area contributed by atoms with Gasteiger partial charge in [0.2, 0.25) is 5.65 Å². The van der Waals surface area contributed by atoms with E-state index in [1.54, 1.807) is 18.7 Å². The molecule has 21 heavy (non-hydrogen) atoms. The van der Waals surface area contributed by atoms with Crippen molar-refractivity contribution in [1.29, 1.82) is 0 Å². The highest BCUT2D eigenvalue weighted by molar-refractivity contribution is 5.62. The fourth-order valence-corrected chi connectivity index (χ4v) is 2.68. The average Bonchev–Trinajstić information content (AvgIpc) is 3.19. The van der Waals surface area contributed by atoms with Gasteiger partial charge < -0.3 is 14.6 Å². The van der Waals surface area contributed by atoms with Crippen molar-refractivity contribution >= 4 is 11.5 Å². The summed E-state index contributed by atoms with van der Waals surface area (Å²) >= 11 is 0. The Morgan fingerprint density at radius 1 is 1.29 bits per heavy atom. The summed E-state index contributed by atoms with van der Waals surface area (Å²) in [6.07, 6.45) is 9.72. The van der Waals surface area contributed by atoms with Crippen LogP contribution in [0, 0.1) is 0 Å². The summed E-state index contributed by atoms with van der Waals surface area (Å²) in [5.74, 6) is 1.63. The maximum Gasteiger partial charge on any atom is 0.203 e. The zero-order valence-corrected chi connectivity index (χ0v) is 11.5. The van der Waals surface area contributed by atoms with Crippen LogP contribution in [0.5, 0.6) is 0 Å². The number of hydrogen-bond acceptors (Lipinski definition) is 6. The second-order valence-corrected chi connectivity index (χ2v) is 5.06. The van der Waals surface area contributed by atoms with Crippen LogP contribution in [0.3, 0.4) is 0 Å². The standard InChI is InChI=1S/C13H15N7O/c1-19-5-3-15-12(19)10-9(2-7-21-10)17-11-13-18-16-8-20(13)6-4-14-11/h3-6,8-10H,2,7H2,1H3,(H,14,17)/t9-,10-/m0/s1. The van der Waals surface area contributed by atoms with Gasteiger partial charge in [-0.1, -0.05) is 0 Å². The Hall–Kier alpha value is -2.48. The van der Waals surface area contributed by atoms with Gasteiger partial charge in [0.1, 0.15) is 18.3 Å². The van der Waals surface area contributed by atoms with Gasteiger partial charge in [-0.25, -0.2) is 9.97 Å². The van der Waals surface area contributed by atoms with Gasteiger partial charge in [0.05, 0.1) is 6.04 Å². The molecule has 8 nitrogen and oxygen atoms in total. The fraction of sp³-hybridized carbons (Fsp3) is 0.385. The molecule has 4 heterocycles. The van der Waals surface area contributed by atoms with Crippen LogP contribution in [0.4, 0.5) is 5.82 Å². The van der Waals surface area contributed by atoms with E-state index in [0.29, 0.717) is 18.1 Å². The highest BCUT2D eigenvalue weighted by Gasteiger charge is 2.33. The van der Waals surface area contributed by atoms with Gasteiger partial charge in [-0.3, -0.25) is 4.40 Å². The lowest BCUT2D eigenvalue weighted by molar-refractivity contribution is 0.0983. The van der Waals surface area contributed by atoms with Crippen molar-refractivity contribution in [2.45, 2.75) is 18.6 Å². The van der Waals surface area contributed by atoms with Crippen molar-refractivity contribution < 1.29 is 4.74 Å². The molecule has 0 aliphatic carbocycles. The average molecular weight is 285 g/mol. The van der Waals surface area contributed by atoms with E-state index >= 15 is 0 Å². The van der Waals surface area contributed by atoms with Gasteiger partial charge in [-0.2, -0.15) is 0 Å². The SMILES string of the molecule is Cn1ccnc1[C@H]1OCC[C@@H]1Nc1nccn2cnnc12. The van der Waals surface area contributed by atoms with Gasteiger partial charge in [-0.15, -0.1) is 10.2 Å². The van der Waals surface area contributed by atoms with Crippen molar-refractivity contribution in [2.75, 3.05) is 11.9 Å². The molecule has 0 unspecified atom stereocenters. The van der Waals surface area contributed by atoms with E-state index < -0.39 is 0 Å². The number of rotatable bonds is 3. The van der Waals surface area contributed by atoms with Gasteiger partial charge >= 0.3 is 0 Å². The molecule has 0 radical (unpaired) electrons. The van der Waals surface area contributed by atoms with E-state index in [1.165, 1.54) is 0 Å². The zero-order valence-electron chi connectivity index (χ0n) is 11.5. The van der Waals surface area contributed by atoms with Crippen LogP contribution < -0.4 is 5.32 Å². The molecular weight excluding hydrogens is 270 g/mol. The fourth-order valence-electron chi connectivity index (χ4n) is 2.68. The Labute approximate surface area is 120 Å². The van der Waals surface area contributed by atoms with Gasteiger partial charge in [0, 0.05) is 38.4 Å². The highest BCUT2D eigenvalue weighted by Crippen LogP contribution is 2.30. The van der Waals surface area contributed by atoms with E-state index in [9.17, 15) is 0 Å². The van der Waals surface area contributed by atoms with Crippen LogP contribution in [0.15, 0.2) is 31.1 Å². The van der Waals surface area contributed by atoms with Gasteiger partial charge in [0.15, 0.2) is 5.82 Å². The van der Waals surface area contributed by atoms with Crippen LogP contribution in [0.1, 0.15) is 18.3 Å². The maximum atomic E-state index is 5.84. The molecule has 0 bridgehead atoms. The summed E-state index contributed by atoms with van der Waals surface area (Å²) in [7, 11) is 1.97. The van der Waals surface area contributed by atoms with Crippen molar-refractivity contribution in [3.63, 3.8) is 0 Å². The molecule has 2 atom stereocenters. The molecule has 4 rings (SSSR count). The normalized spacial score (nSPS) is 22.0. The summed E-state index contributed by atoms with van der Waals surface area (Å²) in [5, 5.41) is 11.4. The number of fused-ring (bicyclic) bond motifs is 1. The Kier molecular flexibility index (Phi) is 2.81. The topological polar surface area (TPSA) is 82.2 Å². The molecule has 1 aliphatic heterocycles. The molecule has 1 saturated heterocycles. The summed E-state index contributed by atoms with van der Waals surface area (Å²) < 4.78 is 9.66. The predicted molar refractivity (Wildman–Crippen MR) is 74.7 cm³/mol. The largest absolute Gasteiger partial charge is 0.368 e. The van der Waals surface area contributed by atoms with Crippen molar-refractivity contribution in [2.24, 2.45) is 7.05 Å². The first-order valence-electron chi connectivity index (χ1n) is 6.82. The Bertz CT molecular complexity index is 765. The molecule has 3 aromatic heterocycles. The molecule has 0 saturated carbocycles. The number of aromatic nitrogens is 6. The minimum Gasteiger partial charge on any atom is -0.368 e. The molecule has 1 aliphatic rings. The highest BCUT2D eigenvalue weighted by atomic mass is 16.5. The van der Waals surface area contributed by atoms with Crippen LogP contribution in [-0.4, -0.2) is 41.8 Å². The molecular formula is C13H15N7O. The molecule has 3 aromatic rings. The second-order valence-electron chi connectivity index (χ2n) is 5.06. The van der Waals surface area contributed by atoms with E-state index in [1.807, 2.05) is 28.4 Å². The third-order valence-electron chi connectivity index (χ3n) is 3.74. The summed E-state index contributed by atoms with van der Waals surface area (Å²) in [4.78, 5) is 8.75. The number of hydrogen-bond donors (Lipinski definition) is 1. The molecule has 8 heteroatoms. The number of nitrogens with zero attached hydrogens (tertiary/aromatic N) is 6. The molecule has 0 aromatic carbocycles. The summed E-state index contributed by atoms with van der Waals surface area (Å²) in [6, 6.07) is 0.112. The van der Waals surface area contributed by atoms with Crippen LogP contribution in [-0.2, 0) is 11.8 Å². The Balaban J connectivity index is 1.64. The first-order valence-corrected chi connectivity index (χ1v) is 6.82. The molecule has 0 spiro atoms. The summed E-state index contributed by atoms with van der Waals surface area (Å²) in [5.41, 5.74) is 0.711. The number of ether oxygens (including phenoxy) is 1. The predicted octanol–water partition coefficient (Wildman–Crippen LogP) is 0.800. The lowest BCUT2D eigenvalue weighted by atomic mass is 10.1. The van der Waals surface area contributed by atoms with Crippen molar-refractivity contribution in [3.8, 4) is 0 Å². The number of nitrogens with one attached hydrogen (secondary N) is 1. The smallest absolute Gasteiger partial charge is 0.203 e. The quantitative estimate of drug-likeness (QED) is 0.766. The lowest BCUT2D eigenvalue weighted by Gasteiger charge is -2.20. The minimum absolute atomic E-state index is 0.0880.